The second kappa shape index (κ2) is 6.44. The predicted molar refractivity (Wildman–Crippen MR) is 147 cm³/mol. The molecule has 0 aliphatic heterocycles. The lowest BCUT2D eigenvalue weighted by molar-refractivity contribution is 1.18. The van der Waals surface area contributed by atoms with Gasteiger partial charge in [0.2, 0.25) is 0 Å². The molecular formula is C30H17NS2. The minimum atomic E-state index is 1.21. The third-order valence-electron chi connectivity index (χ3n) is 6.80. The van der Waals surface area contributed by atoms with E-state index in [0.717, 1.165) is 0 Å². The van der Waals surface area contributed by atoms with Crippen LogP contribution in [-0.4, -0.2) is 4.57 Å². The van der Waals surface area contributed by atoms with E-state index in [0.29, 0.717) is 0 Å². The molecule has 0 aliphatic carbocycles. The maximum Gasteiger partial charge on any atom is 0.0556 e. The first-order valence-electron chi connectivity index (χ1n) is 11.1. The Kier molecular flexibility index (Phi) is 3.48. The van der Waals surface area contributed by atoms with Crippen LogP contribution in [0, 0.1) is 0 Å². The molecule has 0 saturated carbocycles. The Bertz CT molecular complexity index is 1890. The Morgan fingerprint density at radius 3 is 1.45 bits per heavy atom. The van der Waals surface area contributed by atoms with Crippen LogP contribution in [0.3, 0.4) is 0 Å². The molecule has 0 fully saturated rings. The van der Waals surface area contributed by atoms with Crippen LogP contribution in [-0.2, 0) is 0 Å². The average molecular weight is 456 g/mol. The van der Waals surface area contributed by atoms with Gasteiger partial charge in [0.25, 0.3) is 0 Å². The molecule has 8 aromatic rings. The zero-order chi connectivity index (χ0) is 21.5. The molecule has 1 nitrogen and oxygen atoms in total. The summed E-state index contributed by atoms with van der Waals surface area (Å²) < 4.78 is 7.92. The van der Waals surface area contributed by atoms with E-state index in [2.05, 4.69) is 108 Å². The molecule has 33 heavy (non-hydrogen) atoms. The minimum Gasteiger partial charge on any atom is -0.309 e. The Balaban J connectivity index is 1.69. The fourth-order valence-corrected chi connectivity index (χ4v) is 7.90. The maximum absolute atomic E-state index is 2.44. The second-order valence-electron chi connectivity index (χ2n) is 8.54. The van der Waals surface area contributed by atoms with Gasteiger partial charge in [0, 0.05) is 56.8 Å². The highest BCUT2D eigenvalue weighted by Gasteiger charge is 2.20. The molecule has 3 heteroatoms. The molecule has 0 spiro atoms. The molecule has 0 atom stereocenters. The van der Waals surface area contributed by atoms with Crippen LogP contribution in [0.25, 0.3) is 67.8 Å². The van der Waals surface area contributed by atoms with Gasteiger partial charge in [0.15, 0.2) is 0 Å². The van der Waals surface area contributed by atoms with Gasteiger partial charge in [-0.2, -0.15) is 0 Å². The number of aromatic nitrogens is 1. The number of nitrogens with zero attached hydrogens (tertiary/aromatic N) is 1. The maximum atomic E-state index is 2.44. The summed E-state index contributed by atoms with van der Waals surface area (Å²) in [6, 6.07) is 37.6. The Morgan fingerprint density at radius 2 is 0.909 bits per heavy atom. The molecule has 3 heterocycles. The quantitative estimate of drug-likeness (QED) is 0.232. The molecule has 154 valence electrons. The Hall–Kier alpha value is -3.66. The number of hydrogen-bond acceptors (Lipinski definition) is 2. The predicted octanol–water partition coefficient (Wildman–Crippen LogP) is 9.52. The van der Waals surface area contributed by atoms with Gasteiger partial charge in [-0.3, -0.25) is 0 Å². The van der Waals surface area contributed by atoms with Crippen LogP contribution >= 0.6 is 22.7 Å². The Morgan fingerprint density at radius 1 is 0.424 bits per heavy atom. The van der Waals surface area contributed by atoms with Crippen molar-refractivity contribution in [1.29, 1.82) is 0 Å². The number of hydrogen-bond donors (Lipinski definition) is 0. The van der Waals surface area contributed by atoms with E-state index in [1.54, 1.807) is 0 Å². The number of fused-ring (bicyclic) bond motifs is 11. The van der Waals surface area contributed by atoms with Crippen molar-refractivity contribution in [3.63, 3.8) is 0 Å². The van der Waals surface area contributed by atoms with Crippen molar-refractivity contribution >= 4 is 84.8 Å². The summed E-state index contributed by atoms with van der Waals surface area (Å²) in [5, 5.41) is 8.17. The van der Waals surface area contributed by atoms with Gasteiger partial charge in [-0.25, -0.2) is 0 Å². The summed E-state index contributed by atoms with van der Waals surface area (Å²) >= 11 is 3.84. The molecule has 0 aliphatic rings. The van der Waals surface area contributed by atoms with Crippen molar-refractivity contribution in [2.24, 2.45) is 0 Å². The van der Waals surface area contributed by atoms with E-state index in [9.17, 15) is 0 Å². The van der Waals surface area contributed by atoms with Crippen molar-refractivity contribution in [3.8, 4) is 5.69 Å². The van der Waals surface area contributed by atoms with Crippen LogP contribution in [0.1, 0.15) is 0 Å². The molecule has 3 aromatic heterocycles. The standard InChI is InChI=1S/C30H17NS2/c1-2-8-18(9-3-1)31-23-16-14-21-19-10-4-6-12-25(19)32-29(21)27(23)28-24(31)17-15-22-20-11-5-7-13-26(20)33-30(22)28/h1-17H. The number of para-hydroxylation sites is 1. The van der Waals surface area contributed by atoms with Gasteiger partial charge in [-0.15, -0.1) is 22.7 Å². The highest BCUT2D eigenvalue weighted by molar-refractivity contribution is 7.28. The average Bonchev–Trinajstić information content (AvgIpc) is 3.53. The smallest absolute Gasteiger partial charge is 0.0556 e. The summed E-state index contributed by atoms with van der Waals surface area (Å²) in [6.07, 6.45) is 0. The molecule has 0 radical (unpaired) electrons. The van der Waals surface area contributed by atoms with Crippen LogP contribution < -0.4 is 0 Å². The summed E-state index contributed by atoms with van der Waals surface area (Å²) in [5.41, 5.74) is 3.76. The summed E-state index contributed by atoms with van der Waals surface area (Å²) in [5.74, 6) is 0. The SMILES string of the molecule is c1ccc(-n2c3ccc4c5ccccc5sc4c3c3c4sc5ccccc5c4ccc32)cc1. The van der Waals surface area contributed by atoms with Crippen LogP contribution in [0.15, 0.2) is 103 Å². The molecule has 0 unspecified atom stereocenters. The van der Waals surface area contributed by atoms with Gasteiger partial charge in [0.05, 0.1) is 11.0 Å². The second-order valence-corrected chi connectivity index (χ2v) is 10.6. The van der Waals surface area contributed by atoms with E-state index in [1.807, 2.05) is 22.7 Å². The van der Waals surface area contributed by atoms with Crippen molar-refractivity contribution in [3.05, 3.63) is 103 Å². The third kappa shape index (κ3) is 2.31. The fraction of sp³-hybridized carbons (Fsp3) is 0. The first-order valence-corrected chi connectivity index (χ1v) is 12.8. The largest absolute Gasteiger partial charge is 0.309 e. The summed E-state index contributed by atoms with van der Waals surface area (Å²) in [6.45, 7) is 0. The summed E-state index contributed by atoms with van der Waals surface area (Å²) in [4.78, 5) is 0. The van der Waals surface area contributed by atoms with Gasteiger partial charge in [0.1, 0.15) is 0 Å². The molecular weight excluding hydrogens is 438 g/mol. The van der Waals surface area contributed by atoms with Crippen molar-refractivity contribution in [1.82, 2.24) is 4.57 Å². The molecule has 0 amide bonds. The van der Waals surface area contributed by atoms with Crippen molar-refractivity contribution < 1.29 is 0 Å². The zero-order valence-electron chi connectivity index (χ0n) is 17.6. The topological polar surface area (TPSA) is 4.93 Å². The molecule has 5 aromatic carbocycles. The molecule has 8 rings (SSSR count). The van der Waals surface area contributed by atoms with E-state index in [-0.39, 0.29) is 0 Å². The van der Waals surface area contributed by atoms with E-state index in [1.165, 1.54) is 67.8 Å². The number of rotatable bonds is 1. The first kappa shape index (κ1) is 17.8. The van der Waals surface area contributed by atoms with Crippen molar-refractivity contribution in [2.75, 3.05) is 0 Å². The van der Waals surface area contributed by atoms with Crippen LogP contribution in [0.2, 0.25) is 0 Å². The highest BCUT2D eigenvalue weighted by Crippen LogP contribution is 2.47. The lowest BCUT2D eigenvalue weighted by Gasteiger charge is -2.07. The van der Waals surface area contributed by atoms with E-state index >= 15 is 0 Å². The molecule has 0 bridgehead atoms. The Labute approximate surface area is 197 Å². The normalized spacial score (nSPS) is 12.2. The van der Waals surface area contributed by atoms with Crippen LogP contribution in [0.4, 0.5) is 0 Å². The number of thiophene rings is 2. The zero-order valence-corrected chi connectivity index (χ0v) is 19.2. The van der Waals surface area contributed by atoms with Gasteiger partial charge >= 0.3 is 0 Å². The molecule has 0 N–H and O–H groups in total. The third-order valence-corrected chi connectivity index (χ3v) is 9.20. The monoisotopic (exact) mass is 455 g/mol. The molecule has 0 saturated heterocycles. The van der Waals surface area contributed by atoms with E-state index < -0.39 is 0 Å². The first-order chi connectivity index (χ1) is 16.4. The van der Waals surface area contributed by atoms with Crippen LogP contribution in [0.5, 0.6) is 0 Å². The summed E-state index contributed by atoms with van der Waals surface area (Å²) in [7, 11) is 0. The van der Waals surface area contributed by atoms with Gasteiger partial charge in [-0.05, 0) is 36.4 Å². The fourth-order valence-electron chi connectivity index (χ4n) is 5.40. The lowest BCUT2D eigenvalue weighted by Crippen LogP contribution is -1.92. The van der Waals surface area contributed by atoms with Crippen molar-refractivity contribution in [2.45, 2.75) is 0 Å². The lowest BCUT2D eigenvalue weighted by atomic mass is 10.1. The minimum absolute atomic E-state index is 1.21. The highest BCUT2D eigenvalue weighted by atomic mass is 32.1. The van der Waals surface area contributed by atoms with Gasteiger partial charge in [-0.1, -0.05) is 66.7 Å². The van der Waals surface area contributed by atoms with Gasteiger partial charge < -0.3 is 4.57 Å². The number of benzene rings is 5. The van der Waals surface area contributed by atoms with E-state index in [4.69, 9.17) is 0 Å².